The molecule has 1 aliphatic heterocycles. The summed E-state index contributed by atoms with van der Waals surface area (Å²) in [7, 11) is 1.46. The van der Waals surface area contributed by atoms with Gasteiger partial charge in [0.1, 0.15) is 0 Å². The second-order valence-electron chi connectivity index (χ2n) is 4.67. The lowest BCUT2D eigenvalue weighted by Crippen LogP contribution is -2.39. The SMILES string of the molecule is COC(=O)[C@H]1CNC[C@H](c2ccccc2C)C1. The van der Waals surface area contributed by atoms with E-state index in [1.807, 2.05) is 6.07 Å². The van der Waals surface area contributed by atoms with Crippen LogP contribution in [-0.4, -0.2) is 26.2 Å². The molecule has 1 aromatic rings. The van der Waals surface area contributed by atoms with E-state index in [1.165, 1.54) is 18.2 Å². The van der Waals surface area contributed by atoms with Gasteiger partial charge in [0, 0.05) is 13.1 Å². The zero-order chi connectivity index (χ0) is 12.3. The van der Waals surface area contributed by atoms with Crippen LogP contribution in [-0.2, 0) is 9.53 Å². The molecule has 0 aromatic heterocycles. The number of hydrogen-bond acceptors (Lipinski definition) is 3. The van der Waals surface area contributed by atoms with Crippen molar-refractivity contribution in [3.8, 4) is 0 Å². The largest absolute Gasteiger partial charge is 0.469 e. The first kappa shape index (κ1) is 12.1. The summed E-state index contributed by atoms with van der Waals surface area (Å²) < 4.78 is 4.83. The second kappa shape index (κ2) is 5.32. The Morgan fingerprint density at radius 2 is 2.12 bits per heavy atom. The first-order chi connectivity index (χ1) is 8.22. The van der Waals surface area contributed by atoms with Crippen molar-refractivity contribution in [2.45, 2.75) is 19.3 Å². The highest BCUT2D eigenvalue weighted by Crippen LogP contribution is 2.28. The van der Waals surface area contributed by atoms with Gasteiger partial charge in [0.15, 0.2) is 0 Å². The van der Waals surface area contributed by atoms with Crippen LogP contribution >= 0.6 is 0 Å². The number of carbonyl (C=O) groups is 1. The van der Waals surface area contributed by atoms with Gasteiger partial charge in [-0.15, -0.1) is 0 Å². The number of nitrogens with one attached hydrogen (secondary N) is 1. The standard InChI is InChI=1S/C14H19NO2/c1-10-5-3-4-6-13(10)11-7-12(9-15-8-11)14(16)17-2/h3-6,11-12,15H,7-9H2,1-2H3/t11-,12-/m1/s1. The van der Waals surface area contributed by atoms with Crippen LogP contribution in [0.3, 0.4) is 0 Å². The third-order valence-electron chi connectivity index (χ3n) is 3.51. The molecule has 1 N–H and O–H groups in total. The molecule has 0 spiro atoms. The summed E-state index contributed by atoms with van der Waals surface area (Å²) in [5.74, 6) is 0.295. The first-order valence-corrected chi connectivity index (χ1v) is 6.06. The minimum atomic E-state index is -0.101. The van der Waals surface area contributed by atoms with Crippen molar-refractivity contribution >= 4 is 5.97 Å². The number of benzene rings is 1. The first-order valence-electron chi connectivity index (χ1n) is 6.06. The maximum absolute atomic E-state index is 11.6. The highest BCUT2D eigenvalue weighted by Gasteiger charge is 2.28. The lowest BCUT2D eigenvalue weighted by molar-refractivity contribution is -0.146. The van der Waals surface area contributed by atoms with Crippen LogP contribution < -0.4 is 5.32 Å². The monoisotopic (exact) mass is 233 g/mol. The number of ether oxygens (including phenoxy) is 1. The highest BCUT2D eigenvalue weighted by molar-refractivity contribution is 5.72. The van der Waals surface area contributed by atoms with Crippen LogP contribution in [0.5, 0.6) is 0 Å². The Morgan fingerprint density at radius 3 is 2.82 bits per heavy atom. The van der Waals surface area contributed by atoms with Gasteiger partial charge in [-0.25, -0.2) is 0 Å². The van der Waals surface area contributed by atoms with Crippen molar-refractivity contribution in [3.63, 3.8) is 0 Å². The summed E-state index contributed by atoms with van der Waals surface area (Å²) in [6, 6.07) is 8.38. The predicted molar refractivity (Wildman–Crippen MR) is 66.9 cm³/mol. The molecule has 3 nitrogen and oxygen atoms in total. The molecule has 1 saturated heterocycles. The smallest absolute Gasteiger partial charge is 0.309 e. The minimum absolute atomic E-state index is 0.0154. The molecule has 1 fully saturated rings. The van der Waals surface area contributed by atoms with E-state index in [0.717, 1.165) is 19.5 Å². The van der Waals surface area contributed by atoms with Gasteiger partial charge in [-0.1, -0.05) is 24.3 Å². The lowest BCUT2D eigenvalue weighted by atomic mass is 9.84. The van der Waals surface area contributed by atoms with E-state index in [1.54, 1.807) is 0 Å². The van der Waals surface area contributed by atoms with Gasteiger partial charge >= 0.3 is 5.97 Å². The van der Waals surface area contributed by atoms with Crippen LogP contribution in [0.4, 0.5) is 0 Å². The van der Waals surface area contributed by atoms with Crippen molar-refractivity contribution in [1.82, 2.24) is 5.32 Å². The summed E-state index contributed by atoms with van der Waals surface area (Å²) in [6.07, 6.45) is 0.879. The summed E-state index contributed by atoms with van der Waals surface area (Å²) >= 11 is 0. The molecule has 3 heteroatoms. The number of esters is 1. The zero-order valence-electron chi connectivity index (χ0n) is 10.4. The minimum Gasteiger partial charge on any atom is -0.469 e. The maximum atomic E-state index is 11.6. The Hall–Kier alpha value is -1.35. The number of methoxy groups -OCH3 is 1. The molecule has 0 amide bonds. The molecular weight excluding hydrogens is 214 g/mol. The second-order valence-corrected chi connectivity index (χ2v) is 4.67. The van der Waals surface area contributed by atoms with Crippen LogP contribution in [0, 0.1) is 12.8 Å². The molecule has 2 rings (SSSR count). The molecule has 0 bridgehead atoms. The van der Waals surface area contributed by atoms with Gasteiger partial charge in [0.05, 0.1) is 13.0 Å². The van der Waals surface area contributed by atoms with Gasteiger partial charge in [-0.2, -0.15) is 0 Å². The third kappa shape index (κ3) is 2.67. The molecule has 1 aromatic carbocycles. The lowest BCUT2D eigenvalue weighted by Gasteiger charge is -2.29. The average molecular weight is 233 g/mol. The fourth-order valence-electron chi connectivity index (χ4n) is 2.57. The van der Waals surface area contributed by atoms with E-state index < -0.39 is 0 Å². The Labute approximate surface area is 102 Å². The predicted octanol–water partition coefficient (Wildman–Crippen LogP) is 1.86. The average Bonchev–Trinajstić information content (AvgIpc) is 2.38. The van der Waals surface area contributed by atoms with Gasteiger partial charge in [0.25, 0.3) is 0 Å². The fraction of sp³-hybridized carbons (Fsp3) is 0.500. The van der Waals surface area contributed by atoms with Crippen molar-refractivity contribution in [1.29, 1.82) is 0 Å². The van der Waals surface area contributed by atoms with Gasteiger partial charge < -0.3 is 10.1 Å². The Bertz CT molecular complexity index is 403. The quantitative estimate of drug-likeness (QED) is 0.792. The summed E-state index contributed by atoms with van der Waals surface area (Å²) in [4.78, 5) is 11.6. The molecule has 2 atom stereocenters. The van der Waals surface area contributed by atoms with E-state index in [9.17, 15) is 4.79 Å². The van der Waals surface area contributed by atoms with E-state index in [4.69, 9.17) is 4.74 Å². The molecule has 0 radical (unpaired) electrons. The van der Waals surface area contributed by atoms with Crippen LogP contribution in [0.2, 0.25) is 0 Å². The molecule has 1 heterocycles. The van der Waals surface area contributed by atoms with Crippen molar-refractivity contribution in [3.05, 3.63) is 35.4 Å². The van der Waals surface area contributed by atoms with E-state index >= 15 is 0 Å². The number of piperidine rings is 1. The zero-order valence-corrected chi connectivity index (χ0v) is 10.4. The summed E-state index contributed by atoms with van der Waals surface area (Å²) in [5.41, 5.74) is 2.64. The molecule has 0 saturated carbocycles. The van der Waals surface area contributed by atoms with Crippen LogP contribution in [0.1, 0.15) is 23.5 Å². The third-order valence-corrected chi connectivity index (χ3v) is 3.51. The van der Waals surface area contributed by atoms with E-state index in [0.29, 0.717) is 5.92 Å². The van der Waals surface area contributed by atoms with Gasteiger partial charge in [0.2, 0.25) is 0 Å². The van der Waals surface area contributed by atoms with Gasteiger partial charge in [-0.05, 0) is 30.4 Å². The molecule has 1 aliphatic rings. The maximum Gasteiger partial charge on any atom is 0.309 e. The number of hydrogen-bond donors (Lipinski definition) is 1. The highest BCUT2D eigenvalue weighted by atomic mass is 16.5. The van der Waals surface area contributed by atoms with Crippen molar-refractivity contribution in [2.75, 3.05) is 20.2 Å². The van der Waals surface area contributed by atoms with E-state index in [2.05, 4.69) is 30.4 Å². The van der Waals surface area contributed by atoms with Gasteiger partial charge in [-0.3, -0.25) is 4.79 Å². The topological polar surface area (TPSA) is 38.3 Å². The number of carbonyl (C=O) groups excluding carboxylic acids is 1. The summed E-state index contributed by atoms with van der Waals surface area (Å²) in [6.45, 7) is 3.80. The molecule has 92 valence electrons. The van der Waals surface area contributed by atoms with E-state index in [-0.39, 0.29) is 11.9 Å². The van der Waals surface area contributed by atoms with Crippen molar-refractivity contribution < 1.29 is 9.53 Å². The van der Waals surface area contributed by atoms with Crippen molar-refractivity contribution in [2.24, 2.45) is 5.92 Å². The molecule has 0 unspecified atom stereocenters. The summed E-state index contributed by atoms with van der Waals surface area (Å²) in [5, 5.41) is 3.33. The number of aryl methyl sites for hydroxylation is 1. The molecular formula is C14H19NO2. The molecule has 0 aliphatic carbocycles. The Balaban J connectivity index is 2.12. The Morgan fingerprint density at radius 1 is 1.35 bits per heavy atom. The fourth-order valence-corrected chi connectivity index (χ4v) is 2.57. The normalized spacial score (nSPS) is 24.4. The van der Waals surface area contributed by atoms with Crippen LogP contribution in [0.15, 0.2) is 24.3 Å². The Kier molecular flexibility index (Phi) is 3.79. The number of rotatable bonds is 2. The molecule has 17 heavy (non-hydrogen) atoms. The van der Waals surface area contributed by atoms with Crippen LogP contribution in [0.25, 0.3) is 0 Å².